The topological polar surface area (TPSA) is 37.3 Å². The fourth-order valence-electron chi connectivity index (χ4n) is 1.80. The summed E-state index contributed by atoms with van der Waals surface area (Å²) in [5.74, 6) is -0.261. The standard InChI is InChI=1S/C14H9F3O2/c15-14(16,17)12-4-2-1-3-11(12)9-5-6-13(19)10(7-9)8-18/h1-8,19H. The van der Waals surface area contributed by atoms with Gasteiger partial charge in [0.05, 0.1) is 11.1 Å². The molecule has 0 saturated carbocycles. The number of carbonyl (C=O) groups is 1. The van der Waals surface area contributed by atoms with Crippen LogP contribution >= 0.6 is 0 Å². The summed E-state index contributed by atoms with van der Waals surface area (Å²) in [6.07, 6.45) is -4.08. The van der Waals surface area contributed by atoms with Crippen molar-refractivity contribution >= 4 is 6.29 Å². The van der Waals surface area contributed by atoms with Crippen LogP contribution in [0.25, 0.3) is 11.1 Å². The number of aromatic hydroxyl groups is 1. The van der Waals surface area contributed by atoms with Crippen LogP contribution in [0.2, 0.25) is 0 Å². The normalized spacial score (nSPS) is 11.3. The van der Waals surface area contributed by atoms with Crippen LogP contribution in [0.15, 0.2) is 42.5 Å². The molecule has 98 valence electrons. The maximum Gasteiger partial charge on any atom is 0.417 e. The van der Waals surface area contributed by atoms with Gasteiger partial charge in [-0.1, -0.05) is 24.3 Å². The number of rotatable bonds is 2. The summed E-state index contributed by atoms with van der Waals surface area (Å²) < 4.78 is 38.6. The monoisotopic (exact) mass is 266 g/mol. The first-order valence-electron chi connectivity index (χ1n) is 5.38. The minimum atomic E-state index is -4.48. The molecule has 5 heteroatoms. The third-order valence-electron chi connectivity index (χ3n) is 2.70. The molecule has 2 aromatic carbocycles. The molecule has 2 nitrogen and oxygen atoms in total. The number of benzene rings is 2. The van der Waals surface area contributed by atoms with Crippen molar-refractivity contribution in [2.75, 3.05) is 0 Å². The number of aldehydes is 1. The van der Waals surface area contributed by atoms with Gasteiger partial charge >= 0.3 is 6.18 Å². The Balaban J connectivity index is 2.63. The highest BCUT2D eigenvalue weighted by Gasteiger charge is 2.33. The first-order valence-corrected chi connectivity index (χ1v) is 5.38. The minimum Gasteiger partial charge on any atom is -0.507 e. The second-order valence-corrected chi connectivity index (χ2v) is 3.93. The summed E-state index contributed by atoms with van der Waals surface area (Å²) in [5.41, 5.74) is -0.627. The molecular formula is C14H9F3O2. The van der Waals surface area contributed by atoms with E-state index in [1.54, 1.807) is 0 Å². The van der Waals surface area contributed by atoms with E-state index in [-0.39, 0.29) is 22.4 Å². The van der Waals surface area contributed by atoms with E-state index in [9.17, 15) is 23.1 Å². The van der Waals surface area contributed by atoms with Crippen LogP contribution in [-0.4, -0.2) is 11.4 Å². The van der Waals surface area contributed by atoms with Crippen molar-refractivity contribution in [1.29, 1.82) is 0 Å². The minimum absolute atomic E-state index is 0.0295. The molecule has 0 bridgehead atoms. The third kappa shape index (κ3) is 2.59. The molecule has 0 spiro atoms. The van der Waals surface area contributed by atoms with Crippen LogP contribution in [0, 0.1) is 0 Å². The molecule has 0 aliphatic rings. The Morgan fingerprint density at radius 2 is 1.74 bits per heavy atom. The van der Waals surface area contributed by atoms with Gasteiger partial charge in [-0.3, -0.25) is 4.79 Å². The van der Waals surface area contributed by atoms with Crippen molar-refractivity contribution in [3.8, 4) is 16.9 Å². The second-order valence-electron chi connectivity index (χ2n) is 3.93. The van der Waals surface area contributed by atoms with Gasteiger partial charge in [0, 0.05) is 0 Å². The summed E-state index contributed by atoms with van der Waals surface area (Å²) in [7, 11) is 0. The SMILES string of the molecule is O=Cc1cc(-c2ccccc2C(F)(F)F)ccc1O. The summed E-state index contributed by atoms with van der Waals surface area (Å²) in [6, 6.07) is 8.85. The van der Waals surface area contributed by atoms with E-state index in [1.165, 1.54) is 36.4 Å². The fraction of sp³-hybridized carbons (Fsp3) is 0.0714. The van der Waals surface area contributed by atoms with Crippen molar-refractivity contribution in [2.45, 2.75) is 6.18 Å². The van der Waals surface area contributed by atoms with Crippen LogP contribution in [0.1, 0.15) is 15.9 Å². The van der Waals surface area contributed by atoms with Gasteiger partial charge in [-0.25, -0.2) is 0 Å². The summed E-state index contributed by atoms with van der Waals surface area (Å²) in [6.45, 7) is 0. The molecule has 2 rings (SSSR count). The van der Waals surface area contributed by atoms with Crippen LogP contribution in [-0.2, 0) is 6.18 Å². The van der Waals surface area contributed by atoms with Gasteiger partial charge in [0.25, 0.3) is 0 Å². The predicted molar refractivity (Wildman–Crippen MR) is 63.9 cm³/mol. The molecule has 19 heavy (non-hydrogen) atoms. The number of halogens is 3. The number of alkyl halides is 3. The van der Waals surface area contributed by atoms with E-state index in [0.29, 0.717) is 6.29 Å². The van der Waals surface area contributed by atoms with Crippen molar-refractivity contribution in [1.82, 2.24) is 0 Å². The van der Waals surface area contributed by atoms with Crippen LogP contribution < -0.4 is 0 Å². The third-order valence-corrected chi connectivity index (χ3v) is 2.70. The predicted octanol–water partition coefficient (Wildman–Crippen LogP) is 3.89. The zero-order valence-electron chi connectivity index (χ0n) is 9.61. The Kier molecular flexibility index (Phi) is 3.29. The largest absolute Gasteiger partial charge is 0.507 e. The van der Waals surface area contributed by atoms with Crippen LogP contribution in [0.4, 0.5) is 13.2 Å². The lowest BCUT2D eigenvalue weighted by atomic mass is 9.97. The van der Waals surface area contributed by atoms with Crippen molar-refractivity contribution < 1.29 is 23.1 Å². The molecule has 0 radical (unpaired) electrons. The fourth-order valence-corrected chi connectivity index (χ4v) is 1.80. The zero-order valence-corrected chi connectivity index (χ0v) is 9.61. The van der Waals surface area contributed by atoms with Gasteiger partial charge in [0.2, 0.25) is 0 Å². The average molecular weight is 266 g/mol. The molecule has 0 fully saturated rings. The Morgan fingerprint density at radius 3 is 2.37 bits per heavy atom. The highest BCUT2D eigenvalue weighted by Crippen LogP contribution is 2.37. The maximum atomic E-state index is 12.9. The Bertz CT molecular complexity index is 618. The van der Waals surface area contributed by atoms with Gasteiger partial charge in [-0.05, 0) is 29.3 Å². The van der Waals surface area contributed by atoms with Gasteiger partial charge in [0.1, 0.15) is 5.75 Å². The first kappa shape index (κ1) is 13.1. The second kappa shape index (κ2) is 4.76. The molecule has 0 aliphatic carbocycles. The molecule has 0 atom stereocenters. The van der Waals surface area contributed by atoms with Crippen molar-refractivity contribution in [2.24, 2.45) is 0 Å². The number of hydrogen-bond donors (Lipinski definition) is 1. The van der Waals surface area contributed by atoms with Gasteiger partial charge in [-0.2, -0.15) is 13.2 Å². The summed E-state index contributed by atoms with van der Waals surface area (Å²) >= 11 is 0. The maximum absolute atomic E-state index is 12.9. The number of phenols is 1. The lowest BCUT2D eigenvalue weighted by molar-refractivity contribution is -0.137. The highest BCUT2D eigenvalue weighted by atomic mass is 19.4. The van der Waals surface area contributed by atoms with E-state index < -0.39 is 11.7 Å². The molecule has 1 N–H and O–H groups in total. The molecule has 0 unspecified atom stereocenters. The van der Waals surface area contributed by atoms with E-state index in [1.807, 2.05) is 0 Å². The van der Waals surface area contributed by atoms with Crippen LogP contribution in [0.5, 0.6) is 5.75 Å². The number of hydrogen-bond acceptors (Lipinski definition) is 2. The molecule has 0 amide bonds. The lowest BCUT2D eigenvalue weighted by Crippen LogP contribution is -2.06. The molecule has 0 saturated heterocycles. The van der Waals surface area contributed by atoms with E-state index in [2.05, 4.69) is 0 Å². The zero-order chi connectivity index (χ0) is 14.0. The number of carbonyl (C=O) groups excluding carboxylic acids is 1. The Hall–Kier alpha value is -2.30. The van der Waals surface area contributed by atoms with E-state index in [0.717, 1.165) is 6.07 Å². The molecule has 0 aromatic heterocycles. The van der Waals surface area contributed by atoms with E-state index in [4.69, 9.17) is 0 Å². The Morgan fingerprint density at radius 1 is 1.05 bits per heavy atom. The summed E-state index contributed by atoms with van der Waals surface area (Å²) in [5, 5.41) is 9.36. The van der Waals surface area contributed by atoms with Gasteiger partial charge in [0.15, 0.2) is 6.29 Å². The molecule has 0 heterocycles. The Labute approximate surface area is 107 Å². The van der Waals surface area contributed by atoms with Gasteiger partial charge < -0.3 is 5.11 Å². The van der Waals surface area contributed by atoms with E-state index >= 15 is 0 Å². The molecule has 0 aliphatic heterocycles. The number of phenolic OH excluding ortho intramolecular Hbond substituents is 1. The quantitative estimate of drug-likeness (QED) is 0.837. The average Bonchev–Trinajstić information content (AvgIpc) is 2.38. The van der Waals surface area contributed by atoms with Crippen molar-refractivity contribution in [3.05, 3.63) is 53.6 Å². The van der Waals surface area contributed by atoms with Crippen LogP contribution in [0.3, 0.4) is 0 Å². The molecule has 2 aromatic rings. The highest BCUT2D eigenvalue weighted by molar-refractivity contribution is 5.83. The van der Waals surface area contributed by atoms with Gasteiger partial charge in [-0.15, -0.1) is 0 Å². The first-order chi connectivity index (χ1) is 8.93. The smallest absolute Gasteiger partial charge is 0.417 e. The molecular weight excluding hydrogens is 257 g/mol. The van der Waals surface area contributed by atoms with Crippen molar-refractivity contribution in [3.63, 3.8) is 0 Å². The lowest BCUT2D eigenvalue weighted by Gasteiger charge is -2.13. The summed E-state index contributed by atoms with van der Waals surface area (Å²) in [4.78, 5) is 10.7.